The Morgan fingerprint density at radius 2 is 1.72 bits per heavy atom. The number of methoxy groups -OCH3 is 1. The summed E-state index contributed by atoms with van der Waals surface area (Å²) in [5, 5.41) is 0.616. The minimum atomic E-state index is 0.0444. The van der Waals surface area contributed by atoms with Crippen molar-refractivity contribution in [1.82, 2.24) is 4.90 Å². The normalized spacial score (nSPS) is 10.7. The van der Waals surface area contributed by atoms with Crippen LogP contribution < -0.4 is 10.5 Å². The maximum absolute atomic E-state index is 13.2. The average Bonchev–Trinajstić information content (AvgIpc) is 2.97. The molecule has 1 heterocycles. The molecule has 0 aliphatic rings. The number of hydrogen-bond donors (Lipinski definition) is 1. The zero-order valence-electron chi connectivity index (χ0n) is 15.6. The first-order chi connectivity index (χ1) is 12.1. The third kappa shape index (κ3) is 4.15. The van der Waals surface area contributed by atoms with Gasteiger partial charge in [0, 0.05) is 23.5 Å². The Balaban J connectivity index is 2.53. The number of benzene rings is 1. The van der Waals surface area contributed by atoms with Crippen molar-refractivity contribution in [2.45, 2.75) is 40.0 Å². The van der Waals surface area contributed by atoms with E-state index >= 15 is 0 Å². The monoisotopic (exact) mass is 360 g/mol. The van der Waals surface area contributed by atoms with E-state index in [1.165, 1.54) is 11.3 Å². The number of aryl methyl sites for hydroxylation is 1. The van der Waals surface area contributed by atoms with E-state index in [0.29, 0.717) is 10.6 Å². The second-order valence-corrected chi connectivity index (χ2v) is 7.15. The lowest BCUT2D eigenvalue weighted by molar-refractivity contribution is 0.0758. The van der Waals surface area contributed by atoms with Crippen LogP contribution in [0.15, 0.2) is 24.3 Å². The van der Waals surface area contributed by atoms with Crippen LogP contribution in [0.5, 0.6) is 5.75 Å². The van der Waals surface area contributed by atoms with Gasteiger partial charge in [-0.3, -0.25) is 4.79 Å². The summed E-state index contributed by atoms with van der Waals surface area (Å²) in [4.78, 5) is 16.3. The third-order valence-corrected chi connectivity index (χ3v) is 5.36. The number of hydrogen-bond acceptors (Lipinski definition) is 4. The van der Waals surface area contributed by atoms with E-state index in [4.69, 9.17) is 10.5 Å². The van der Waals surface area contributed by atoms with Crippen LogP contribution >= 0.6 is 11.3 Å². The van der Waals surface area contributed by atoms with Gasteiger partial charge in [-0.15, -0.1) is 11.3 Å². The van der Waals surface area contributed by atoms with Gasteiger partial charge in [0.1, 0.15) is 5.75 Å². The van der Waals surface area contributed by atoms with E-state index in [2.05, 4.69) is 20.8 Å². The number of ether oxygens (including phenoxy) is 1. The zero-order valence-corrected chi connectivity index (χ0v) is 16.4. The summed E-state index contributed by atoms with van der Waals surface area (Å²) in [5.74, 6) is 0.847. The van der Waals surface area contributed by atoms with Gasteiger partial charge in [0.25, 0.3) is 5.91 Å². The molecule has 0 unspecified atom stereocenters. The van der Waals surface area contributed by atoms with E-state index in [1.807, 2.05) is 29.2 Å². The van der Waals surface area contributed by atoms with Crippen LogP contribution in [-0.2, 0) is 6.42 Å². The minimum Gasteiger partial charge on any atom is -0.497 e. The molecular weight excluding hydrogens is 332 g/mol. The summed E-state index contributed by atoms with van der Waals surface area (Å²) in [6, 6.07) is 7.85. The summed E-state index contributed by atoms with van der Waals surface area (Å²) in [6.45, 7) is 7.79. The smallest absolute Gasteiger partial charge is 0.257 e. The molecule has 2 N–H and O–H groups in total. The molecule has 0 spiro atoms. The molecule has 0 bridgehead atoms. The highest BCUT2D eigenvalue weighted by atomic mass is 32.1. The van der Waals surface area contributed by atoms with Crippen LogP contribution in [0, 0.1) is 0 Å². The molecule has 2 aromatic rings. The summed E-state index contributed by atoms with van der Waals surface area (Å²) >= 11 is 1.53. The Morgan fingerprint density at radius 1 is 1.12 bits per heavy atom. The van der Waals surface area contributed by atoms with Crippen molar-refractivity contribution in [1.29, 1.82) is 0 Å². The van der Waals surface area contributed by atoms with E-state index in [0.717, 1.165) is 54.1 Å². The van der Waals surface area contributed by atoms with Crippen molar-refractivity contribution in [3.63, 3.8) is 0 Å². The molecule has 4 nitrogen and oxygen atoms in total. The number of nitrogens with zero attached hydrogens (tertiary/aromatic N) is 1. The quantitative estimate of drug-likeness (QED) is 0.733. The van der Waals surface area contributed by atoms with E-state index in [1.54, 1.807) is 7.11 Å². The summed E-state index contributed by atoms with van der Waals surface area (Å²) in [6.07, 6.45) is 2.73. The number of anilines is 1. The van der Waals surface area contributed by atoms with Crippen molar-refractivity contribution in [2.75, 3.05) is 25.9 Å². The molecule has 25 heavy (non-hydrogen) atoms. The molecule has 0 fully saturated rings. The van der Waals surface area contributed by atoms with Crippen molar-refractivity contribution in [3.05, 3.63) is 34.7 Å². The van der Waals surface area contributed by atoms with Crippen LogP contribution in [0.2, 0.25) is 0 Å². The molecular formula is C20H28N2O2S. The first-order valence-corrected chi connectivity index (χ1v) is 9.73. The van der Waals surface area contributed by atoms with Crippen molar-refractivity contribution in [3.8, 4) is 16.9 Å². The minimum absolute atomic E-state index is 0.0444. The van der Waals surface area contributed by atoms with E-state index in [9.17, 15) is 4.79 Å². The predicted molar refractivity (Wildman–Crippen MR) is 107 cm³/mol. The Kier molecular flexibility index (Phi) is 6.88. The molecule has 0 aliphatic heterocycles. The van der Waals surface area contributed by atoms with Crippen molar-refractivity contribution < 1.29 is 9.53 Å². The summed E-state index contributed by atoms with van der Waals surface area (Å²) in [5.41, 5.74) is 8.95. The molecule has 1 amide bonds. The van der Waals surface area contributed by atoms with Gasteiger partial charge < -0.3 is 15.4 Å². The molecule has 0 atom stereocenters. The van der Waals surface area contributed by atoms with Crippen molar-refractivity contribution >= 4 is 22.2 Å². The zero-order chi connectivity index (χ0) is 18.4. The lowest BCUT2D eigenvalue weighted by atomic mass is 9.99. The maximum Gasteiger partial charge on any atom is 0.257 e. The lowest BCUT2D eigenvalue weighted by Crippen LogP contribution is -2.33. The van der Waals surface area contributed by atoms with Crippen molar-refractivity contribution in [2.24, 2.45) is 0 Å². The fraction of sp³-hybridized carbons (Fsp3) is 0.450. The number of carbonyl (C=O) groups is 1. The Labute approximate surface area is 154 Å². The molecule has 2 rings (SSSR count). The van der Waals surface area contributed by atoms with Gasteiger partial charge >= 0.3 is 0 Å². The summed E-state index contributed by atoms with van der Waals surface area (Å²) < 4.78 is 5.25. The number of rotatable bonds is 8. The van der Waals surface area contributed by atoms with Gasteiger partial charge in [-0.2, -0.15) is 0 Å². The van der Waals surface area contributed by atoms with Crippen LogP contribution in [-0.4, -0.2) is 31.0 Å². The molecule has 5 heteroatoms. The first kappa shape index (κ1) is 19.3. The van der Waals surface area contributed by atoms with Gasteiger partial charge in [-0.25, -0.2) is 0 Å². The number of carbonyl (C=O) groups excluding carboxylic acids is 1. The number of nitrogen functional groups attached to an aromatic ring is 1. The number of thiophene rings is 1. The molecule has 1 aromatic heterocycles. The number of nitrogens with two attached hydrogens (primary N) is 1. The standard InChI is InChI=1S/C20H28N2O2S/c1-5-12-22(13-6-2)20(23)18-17(16(7-3)25-19(18)21)14-8-10-15(24-4)11-9-14/h8-11H,5-7,12-13,21H2,1-4H3. The third-order valence-electron chi connectivity index (χ3n) is 4.20. The van der Waals surface area contributed by atoms with Crippen LogP contribution in [0.25, 0.3) is 11.1 Å². The topological polar surface area (TPSA) is 55.6 Å². The van der Waals surface area contributed by atoms with E-state index in [-0.39, 0.29) is 5.91 Å². The van der Waals surface area contributed by atoms with Crippen LogP contribution in [0.4, 0.5) is 5.00 Å². The van der Waals surface area contributed by atoms with Gasteiger partial charge in [-0.05, 0) is 37.0 Å². The molecule has 0 aliphatic carbocycles. The van der Waals surface area contributed by atoms with Gasteiger partial charge in [0.2, 0.25) is 0 Å². The molecule has 0 radical (unpaired) electrons. The fourth-order valence-corrected chi connectivity index (χ4v) is 4.06. The number of amides is 1. The Bertz CT molecular complexity index is 701. The highest BCUT2D eigenvalue weighted by molar-refractivity contribution is 7.17. The van der Waals surface area contributed by atoms with Gasteiger partial charge in [0.05, 0.1) is 17.7 Å². The molecule has 0 saturated carbocycles. The van der Waals surface area contributed by atoms with Crippen LogP contribution in [0.3, 0.4) is 0 Å². The highest BCUT2D eigenvalue weighted by Gasteiger charge is 2.26. The molecule has 1 aromatic carbocycles. The van der Waals surface area contributed by atoms with E-state index < -0.39 is 0 Å². The predicted octanol–water partition coefficient (Wildman–Crippen LogP) is 4.83. The maximum atomic E-state index is 13.2. The highest BCUT2D eigenvalue weighted by Crippen LogP contribution is 2.40. The fourth-order valence-electron chi connectivity index (χ4n) is 3.03. The Hall–Kier alpha value is -2.01. The van der Waals surface area contributed by atoms with Gasteiger partial charge in [0.15, 0.2) is 0 Å². The second kappa shape index (κ2) is 8.90. The lowest BCUT2D eigenvalue weighted by Gasteiger charge is -2.22. The average molecular weight is 361 g/mol. The summed E-state index contributed by atoms with van der Waals surface area (Å²) in [7, 11) is 1.65. The SMILES string of the molecule is CCCN(CCC)C(=O)c1c(N)sc(CC)c1-c1ccc(OC)cc1. The van der Waals surface area contributed by atoms with Gasteiger partial charge in [-0.1, -0.05) is 32.9 Å². The largest absolute Gasteiger partial charge is 0.497 e. The van der Waals surface area contributed by atoms with Crippen LogP contribution in [0.1, 0.15) is 48.8 Å². The first-order valence-electron chi connectivity index (χ1n) is 8.92. The molecule has 0 saturated heterocycles. The molecule has 136 valence electrons. The second-order valence-electron chi connectivity index (χ2n) is 6.01. The Morgan fingerprint density at radius 3 is 2.20 bits per heavy atom.